The lowest BCUT2D eigenvalue weighted by Gasteiger charge is -2.13. The topological polar surface area (TPSA) is 58.3 Å². The second-order valence-corrected chi connectivity index (χ2v) is 3.20. The van der Waals surface area contributed by atoms with Gasteiger partial charge in [-0.2, -0.15) is 0 Å². The van der Waals surface area contributed by atoms with Gasteiger partial charge in [0, 0.05) is 12.5 Å². The van der Waals surface area contributed by atoms with Crippen molar-refractivity contribution in [2.45, 2.75) is 12.8 Å². The van der Waals surface area contributed by atoms with Crippen LogP contribution in [0.5, 0.6) is 0 Å². The van der Waals surface area contributed by atoms with E-state index in [1.807, 2.05) is 31.2 Å². The van der Waals surface area contributed by atoms with Crippen LogP contribution >= 0.6 is 0 Å². The first-order valence-corrected chi connectivity index (χ1v) is 4.38. The molecule has 3 heteroatoms. The molecule has 0 spiro atoms. The largest absolute Gasteiger partial charge is 0.396 e. The van der Waals surface area contributed by atoms with Gasteiger partial charge >= 0.3 is 0 Å². The Morgan fingerprint density at radius 1 is 1.38 bits per heavy atom. The van der Waals surface area contributed by atoms with E-state index in [2.05, 4.69) is 5.43 Å². The maximum Gasteiger partial charge on any atom is 0.0512 e. The molecule has 3 nitrogen and oxygen atoms in total. The first-order valence-electron chi connectivity index (χ1n) is 4.38. The summed E-state index contributed by atoms with van der Waals surface area (Å²) in [6, 6.07) is 8.12. The Balaban J connectivity index is 2.73. The van der Waals surface area contributed by atoms with Crippen molar-refractivity contribution < 1.29 is 5.11 Å². The number of hydrazine groups is 1. The van der Waals surface area contributed by atoms with Gasteiger partial charge in [-0.25, -0.2) is 0 Å². The van der Waals surface area contributed by atoms with E-state index >= 15 is 0 Å². The van der Waals surface area contributed by atoms with E-state index in [-0.39, 0.29) is 12.5 Å². The van der Waals surface area contributed by atoms with Crippen molar-refractivity contribution in [1.29, 1.82) is 0 Å². The highest BCUT2D eigenvalue weighted by atomic mass is 16.3. The molecule has 0 amide bonds. The van der Waals surface area contributed by atoms with Gasteiger partial charge in [0.2, 0.25) is 0 Å². The molecule has 1 aromatic rings. The van der Waals surface area contributed by atoms with E-state index in [9.17, 15) is 0 Å². The molecular formula is C10H16N2O. The minimum Gasteiger partial charge on any atom is -0.396 e. The molecule has 4 N–H and O–H groups in total. The zero-order valence-electron chi connectivity index (χ0n) is 7.83. The summed E-state index contributed by atoms with van der Waals surface area (Å²) in [4.78, 5) is 0. The summed E-state index contributed by atoms with van der Waals surface area (Å²) in [7, 11) is 0. The number of rotatable bonds is 4. The van der Waals surface area contributed by atoms with E-state index in [0.717, 1.165) is 5.56 Å². The predicted octanol–water partition coefficient (Wildman–Crippen LogP) is 0.534. The molecule has 0 aliphatic rings. The number of hydrogen-bond donors (Lipinski definition) is 3. The van der Waals surface area contributed by atoms with E-state index in [4.69, 9.17) is 10.9 Å². The SMILES string of the molecule is Cc1ccc(C(CO)CNN)cc1. The summed E-state index contributed by atoms with van der Waals surface area (Å²) in [5.41, 5.74) is 4.91. The van der Waals surface area contributed by atoms with Gasteiger partial charge in [0.05, 0.1) is 6.61 Å². The molecular weight excluding hydrogens is 164 g/mol. The van der Waals surface area contributed by atoms with Crippen LogP contribution in [0.25, 0.3) is 0 Å². The summed E-state index contributed by atoms with van der Waals surface area (Å²) in [6.45, 7) is 2.76. The molecule has 1 aromatic carbocycles. The average Bonchev–Trinajstić information content (AvgIpc) is 2.16. The van der Waals surface area contributed by atoms with Gasteiger partial charge in [0.25, 0.3) is 0 Å². The Kier molecular flexibility index (Phi) is 3.89. The Morgan fingerprint density at radius 3 is 2.46 bits per heavy atom. The minimum atomic E-state index is 0.0885. The van der Waals surface area contributed by atoms with Gasteiger partial charge in [0.1, 0.15) is 0 Å². The molecule has 0 aliphatic heterocycles. The van der Waals surface area contributed by atoms with Crippen LogP contribution in [0.2, 0.25) is 0 Å². The number of aryl methyl sites for hydroxylation is 1. The molecule has 0 heterocycles. The Bertz CT molecular complexity index is 246. The lowest BCUT2D eigenvalue weighted by molar-refractivity contribution is 0.262. The highest BCUT2D eigenvalue weighted by molar-refractivity contribution is 5.24. The maximum atomic E-state index is 9.08. The summed E-state index contributed by atoms with van der Waals surface area (Å²) < 4.78 is 0. The smallest absolute Gasteiger partial charge is 0.0512 e. The second kappa shape index (κ2) is 4.97. The monoisotopic (exact) mass is 180 g/mol. The number of nitrogens with one attached hydrogen (secondary N) is 1. The zero-order valence-corrected chi connectivity index (χ0v) is 7.83. The number of nitrogens with two attached hydrogens (primary N) is 1. The fourth-order valence-corrected chi connectivity index (χ4v) is 1.27. The zero-order chi connectivity index (χ0) is 9.68. The Hall–Kier alpha value is -0.900. The lowest BCUT2D eigenvalue weighted by Crippen LogP contribution is -2.29. The van der Waals surface area contributed by atoms with Gasteiger partial charge < -0.3 is 5.11 Å². The van der Waals surface area contributed by atoms with E-state index in [0.29, 0.717) is 6.54 Å². The van der Waals surface area contributed by atoms with Crippen molar-refractivity contribution in [3.63, 3.8) is 0 Å². The van der Waals surface area contributed by atoms with Gasteiger partial charge in [-0.05, 0) is 12.5 Å². The third-order valence-electron chi connectivity index (χ3n) is 2.13. The first-order chi connectivity index (χ1) is 6.27. The van der Waals surface area contributed by atoms with Crippen molar-refractivity contribution in [3.8, 4) is 0 Å². The number of hydrogen-bond acceptors (Lipinski definition) is 3. The van der Waals surface area contributed by atoms with Crippen LogP contribution in [0.1, 0.15) is 17.0 Å². The number of aliphatic hydroxyl groups is 1. The van der Waals surface area contributed by atoms with Crippen LogP contribution in [0.3, 0.4) is 0 Å². The van der Waals surface area contributed by atoms with Gasteiger partial charge in [0.15, 0.2) is 0 Å². The highest BCUT2D eigenvalue weighted by Gasteiger charge is 2.08. The van der Waals surface area contributed by atoms with Gasteiger partial charge in [-0.1, -0.05) is 29.8 Å². The molecule has 0 saturated carbocycles. The van der Waals surface area contributed by atoms with Crippen LogP contribution < -0.4 is 11.3 Å². The molecule has 1 unspecified atom stereocenters. The highest BCUT2D eigenvalue weighted by Crippen LogP contribution is 2.14. The van der Waals surface area contributed by atoms with Crippen LogP contribution in [-0.4, -0.2) is 18.3 Å². The Labute approximate surface area is 78.5 Å². The summed E-state index contributed by atoms with van der Waals surface area (Å²) in [5, 5.41) is 9.08. The fourth-order valence-electron chi connectivity index (χ4n) is 1.27. The lowest BCUT2D eigenvalue weighted by atomic mass is 9.99. The molecule has 0 fully saturated rings. The maximum absolute atomic E-state index is 9.08. The van der Waals surface area contributed by atoms with Gasteiger partial charge in [-0.3, -0.25) is 11.3 Å². The third kappa shape index (κ3) is 2.81. The third-order valence-corrected chi connectivity index (χ3v) is 2.13. The van der Waals surface area contributed by atoms with Crippen LogP contribution in [0.4, 0.5) is 0 Å². The molecule has 0 aromatic heterocycles. The Morgan fingerprint density at radius 2 is 2.00 bits per heavy atom. The summed E-state index contributed by atoms with van der Waals surface area (Å²) >= 11 is 0. The molecule has 0 radical (unpaired) electrons. The number of benzene rings is 1. The quantitative estimate of drug-likeness (QED) is 0.468. The van der Waals surface area contributed by atoms with Gasteiger partial charge in [-0.15, -0.1) is 0 Å². The van der Waals surface area contributed by atoms with Crippen molar-refractivity contribution in [2.24, 2.45) is 5.84 Å². The molecule has 13 heavy (non-hydrogen) atoms. The molecule has 0 aliphatic carbocycles. The predicted molar refractivity (Wildman–Crippen MR) is 53.2 cm³/mol. The molecule has 72 valence electrons. The standard InChI is InChI=1S/C10H16N2O/c1-8-2-4-9(5-3-8)10(7-13)6-12-11/h2-5,10,12-13H,6-7,11H2,1H3. The van der Waals surface area contributed by atoms with Crippen molar-refractivity contribution in [3.05, 3.63) is 35.4 Å². The first kappa shape index (κ1) is 10.2. The summed E-state index contributed by atoms with van der Waals surface area (Å²) in [6.07, 6.45) is 0. The van der Waals surface area contributed by atoms with Crippen LogP contribution in [-0.2, 0) is 0 Å². The fraction of sp³-hybridized carbons (Fsp3) is 0.400. The number of aliphatic hydroxyl groups excluding tert-OH is 1. The molecule has 1 rings (SSSR count). The van der Waals surface area contributed by atoms with Crippen LogP contribution in [0.15, 0.2) is 24.3 Å². The average molecular weight is 180 g/mol. The van der Waals surface area contributed by atoms with Crippen molar-refractivity contribution >= 4 is 0 Å². The van der Waals surface area contributed by atoms with Crippen molar-refractivity contribution in [1.82, 2.24) is 5.43 Å². The molecule has 0 saturated heterocycles. The van der Waals surface area contributed by atoms with Crippen molar-refractivity contribution in [2.75, 3.05) is 13.2 Å². The van der Waals surface area contributed by atoms with E-state index in [1.54, 1.807) is 0 Å². The normalized spacial score (nSPS) is 12.8. The van der Waals surface area contributed by atoms with E-state index < -0.39 is 0 Å². The molecule has 0 bridgehead atoms. The van der Waals surface area contributed by atoms with E-state index in [1.165, 1.54) is 5.56 Å². The summed E-state index contributed by atoms with van der Waals surface area (Å²) in [5.74, 6) is 5.30. The van der Waals surface area contributed by atoms with Crippen LogP contribution in [0, 0.1) is 6.92 Å². The second-order valence-electron chi connectivity index (χ2n) is 3.20. The molecule has 1 atom stereocenters. The minimum absolute atomic E-state index is 0.0885.